The van der Waals surface area contributed by atoms with Gasteiger partial charge in [0.15, 0.2) is 6.17 Å². The van der Waals surface area contributed by atoms with Gasteiger partial charge in [0.2, 0.25) is 0 Å². The van der Waals surface area contributed by atoms with E-state index in [1.165, 1.54) is 6.20 Å². The molecule has 1 unspecified atom stereocenters. The summed E-state index contributed by atoms with van der Waals surface area (Å²) in [5, 5.41) is 23.4. The van der Waals surface area contributed by atoms with Gasteiger partial charge in [-0.05, 0) is 30.5 Å². The molecular formula is C20H18FN5O2. The Balaban J connectivity index is 1.39. The van der Waals surface area contributed by atoms with E-state index in [4.69, 9.17) is 4.74 Å². The number of fused-ring (bicyclic) bond motifs is 3. The summed E-state index contributed by atoms with van der Waals surface area (Å²) in [6.07, 6.45) is 7.27. The molecule has 2 bridgehead atoms. The number of phenolic OH excluding ortho intramolecular Hbond substituents is 1. The first-order valence-corrected chi connectivity index (χ1v) is 9.06. The highest BCUT2D eigenvalue weighted by Crippen LogP contribution is 2.35. The third kappa shape index (κ3) is 2.77. The molecule has 1 saturated heterocycles. The Hall–Kier alpha value is -3.13. The molecule has 2 aliphatic heterocycles. The minimum Gasteiger partial charge on any atom is -0.507 e. The summed E-state index contributed by atoms with van der Waals surface area (Å²) >= 11 is 0. The average Bonchev–Trinajstić information content (AvgIpc) is 3.04. The quantitative estimate of drug-likeness (QED) is 0.676. The Kier molecular flexibility index (Phi) is 3.77. The monoisotopic (exact) mass is 379 g/mol. The molecule has 0 amide bonds. The van der Waals surface area contributed by atoms with E-state index in [-0.39, 0.29) is 17.8 Å². The van der Waals surface area contributed by atoms with E-state index < -0.39 is 17.8 Å². The van der Waals surface area contributed by atoms with Gasteiger partial charge in [-0.25, -0.2) is 9.37 Å². The van der Waals surface area contributed by atoms with Crippen molar-refractivity contribution >= 4 is 10.8 Å². The van der Waals surface area contributed by atoms with Crippen molar-refractivity contribution in [2.24, 2.45) is 0 Å². The Morgan fingerprint density at radius 2 is 2.14 bits per heavy atom. The first-order chi connectivity index (χ1) is 13.5. The second kappa shape index (κ2) is 6.20. The highest BCUT2D eigenvalue weighted by molar-refractivity contribution is 5.89. The molecule has 28 heavy (non-hydrogen) atoms. The number of aromatic nitrogens is 4. The van der Waals surface area contributed by atoms with Crippen LogP contribution in [0, 0.1) is 0 Å². The van der Waals surface area contributed by atoms with Crippen molar-refractivity contribution in [1.82, 2.24) is 25.5 Å². The van der Waals surface area contributed by atoms with Gasteiger partial charge in [-0.1, -0.05) is 17.3 Å². The smallest absolute Gasteiger partial charge is 0.336 e. The van der Waals surface area contributed by atoms with Crippen LogP contribution in [0.25, 0.3) is 22.0 Å². The number of piperidine rings is 1. The minimum absolute atomic E-state index is 0.0192. The Labute approximate surface area is 160 Å². The van der Waals surface area contributed by atoms with Crippen LogP contribution in [0.15, 0.2) is 48.9 Å². The van der Waals surface area contributed by atoms with Gasteiger partial charge in [0, 0.05) is 35.8 Å². The lowest BCUT2D eigenvalue weighted by Gasteiger charge is -2.39. The lowest BCUT2D eigenvalue weighted by atomic mass is 9.89. The first kappa shape index (κ1) is 17.0. The molecule has 4 atom stereocenters. The van der Waals surface area contributed by atoms with E-state index in [0.717, 1.165) is 10.8 Å². The number of pyridine rings is 1. The fourth-order valence-electron chi connectivity index (χ4n) is 3.89. The first-order valence-electron chi connectivity index (χ1n) is 9.06. The summed E-state index contributed by atoms with van der Waals surface area (Å²) in [5.74, 6) is 0.0584. The standard InChI is InChI=1S/C20H18FN5O2/c1-20-4-2-13(24-20)8-17(18(20)21)28-19-23-10-15(25-26-19)14-6-11-3-5-22-9-12(11)7-16(14)27/h2-7,9-10,13,17-18,24,27H,8H2,1H3/t13?,17-,18+,20+/m0/s1. The van der Waals surface area contributed by atoms with Crippen LogP contribution in [0.3, 0.4) is 0 Å². The van der Waals surface area contributed by atoms with E-state index in [1.807, 2.05) is 25.1 Å². The van der Waals surface area contributed by atoms with Crippen LogP contribution in [0.4, 0.5) is 4.39 Å². The molecular weight excluding hydrogens is 361 g/mol. The number of halogens is 1. The van der Waals surface area contributed by atoms with Crippen LogP contribution in [-0.2, 0) is 0 Å². The summed E-state index contributed by atoms with van der Waals surface area (Å²) in [5.41, 5.74) is 0.178. The van der Waals surface area contributed by atoms with Gasteiger partial charge < -0.3 is 9.84 Å². The molecule has 4 heterocycles. The Morgan fingerprint density at radius 3 is 2.96 bits per heavy atom. The van der Waals surface area contributed by atoms with Crippen molar-refractivity contribution in [3.63, 3.8) is 0 Å². The molecule has 8 heteroatoms. The van der Waals surface area contributed by atoms with Crippen LogP contribution >= 0.6 is 0 Å². The molecule has 1 aromatic carbocycles. The van der Waals surface area contributed by atoms with E-state index in [1.54, 1.807) is 24.5 Å². The molecule has 2 aliphatic rings. The van der Waals surface area contributed by atoms with Crippen molar-refractivity contribution < 1.29 is 14.2 Å². The Morgan fingerprint density at radius 1 is 1.25 bits per heavy atom. The number of hydrogen-bond donors (Lipinski definition) is 2. The number of benzene rings is 1. The number of aromatic hydroxyl groups is 1. The van der Waals surface area contributed by atoms with Gasteiger partial charge in [-0.3, -0.25) is 10.3 Å². The fraction of sp³-hybridized carbons (Fsp3) is 0.300. The topological polar surface area (TPSA) is 93.1 Å². The number of nitrogens with zero attached hydrogens (tertiary/aromatic N) is 4. The number of hydrogen-bond acceptors (Lipinski definition) is 7. The van der Waals surface area contributed by atoms with Gasteiger partial charge in [-0.15, -0.1) is 5.10 Å². The maximum absolute atomic E-state index is 14.8. The van der Waals surface area contributed by atoms with Crippen LogP contribution in [0.1, 0.15) is 13.3 Å². The fourth-order valence-corrected chi connectivity index (χ4v) is 3.89. The van der Waals surface area contributed by atoms with E-state index in [0.29, 0.717) is 17.7 Å². The second-order valence-corrected chi connectivity index (χ2v) is 7.40. The number of nitrogens with one attached hydrogen (secondary N) is 1. The van der Waals surface area contributed by atoms with Gasteiger partial charge in [0.1, 0.15) is 17.5 Å². The van der Waals surface area contributed by atoms with Crippen molar-refractivity contribution in [2.45, 2.75) is 37.2 Å². The second-order valence-electron chi connectivity index (χ2n) is 7.40. The molecule has 0 spiro atoms. The van der Waals surface area contributed by atoms with Crippen molar-refractivity contribution in [3.05, 3.63) is 48.9 Å². The molecule has 2 aromatic heterocycles. The molecule has 1 fully saturated rings. The molecule has 0 radical (unpaired) electrons. The number of phenols is 1. The molecule has 0 aliphatic carbocycles. The largest absolute Gasteiger partial charge is 0.507 e. The average molecular weight is 379 g/mol. The zero-order valence-corrected chi connectivity index (χ0v) is 15.1. The predicted molar refractivity (Wildman–Crippen MR) is 101 cm³/mol. The lowest BCUT2D eigenvalue weighted by molar-refractivity contribution is 0.0141. The maximum atomic E-state index is 14.8. The van der Waals surface area contributed by atoms with Gasteiger partial charge in [0.05, 0.1) is 11.7 Å². The summed E-state index contributed by atoms with van der Waals surface area (Å²) in [6, 6.07) is 5.37. The SMILES string of the molecule is C[C@@]12C=CC(C[C@H](Oc3ncc(-c4cc5ccncc5cc4O)nn3)[C@H]1F)N2. The van der Waals surface area contributed by atoms with Gasteiger partial charge in [-0.2, -0.15) is 0 Å². The van der Waals surface area contributed by atoms with Crippen molar-refractivity contribution in [1.29, 1.82) is 0 Å². The normalized spacial score (nSPS) is 28.6. The van der Waals surface area contributed by atoms with Crippen LogP contribution in [0.2, 0.25) is 0 Å². The number of rotatable bonds is 3. The number of alkyl halides is 1. The molecule has 142 valence electrons. The summed E-state index contributed by atoms with van der Waals surface area (Å²) in [4.78, 5) is 8.21. The summed E-state index contributed by atoms with van der Waals surface area (Å²) in [6.45, 7) is 1.81. The predicted octanol–water partition coefficient (Wildman–Crippen LogP) is 2.57. The molecule has 3 aromatic rings. The van der Waals surface area contributed by atoms with Crippen molar-refractivity contribution in [3.8, 4) is 23.0 Å². The third-order valence-corrected chi connectivity index (χ3v) is 5.39. The van der Waals surface area contributed by atoms with Gasteiger partial charge >= 0.3 is 6.01 Å². The van der Waals surface area contributed by atoms with Crippen molar-refractivity contribution in [2.75, 3.05) is 0 Å². The third-order valence-electron chi connectivity index (χ3n) is 5.39. The van der Waals surface area contributed by atoms with Crippen LogP contribution < -0.4 is 10.1 Å². The maximum Gasteiger partial charge on any atom is 0.336 e. The van der Waals surface area contributed by atoms with Crippen LogP contribution in [0.5, 0.6) is 11.8 Å². The molecule has 0 saturated carbocycles. The number of ether oxygens (including phenoxy) is 1. The van der Waals surface area contributed by atoms with Crippen LogP contribution in [-0.4, -0.2) is 49.1 Å². The highest BCUT2D eigenvalue weighted by Gasteiger charge is 2.48. The lowest BCUT2D eigenvalue weighted by Crippen LogP contribution is -2.60. The minimum atomic E-state index is -1.22. The zero-order valence-electron chi connectivity index (χ0n) is 15.1. The van der Waals surface area contributed by atoms with Gasteiger partial charge in [0.25, 0.3) is 0 Å². The molecule has 7 nitrogen and oxygen atoms in total. The molecule has 2 N–H and O–H groups in total. The summed E-state index contributed by atoms with van der Waals surface area (Å²) in [7, 11) is 0. The van der Waals surface area contributed by atoms with E-state index in [2.05, 4.69) is 25.5 Å². The van der Waals surface area contributed by atoms with E-state index in [9.17, 15) is 9.50 Å². The Bertz CT molecular complexity index is 1070. The van der Waals surface area contributed by atoms with E-state index >= 15 is 0 Å². The molecule has 5 rings (SSSR count). The highest BCUT2D eigenvalue weighted by atomic mass is 19.1. The summed E-state index contributed by atoms with van der Waals surface area (Å²) < 4.78 is 20.5. The zero-order chi connectivity index (χ0) is 19.3.